The molecule has 3 amide bonds. The van der Waals surface area contributed by atoms with E-state index in [1.54, 1.807) is 21.0 Å². The van der Waals surface area contributed by atoms with E-state index in [9.17, 15) is 14.4 Å². The van der Waals surface area contributed by atoms with Crippen LogP contribution in [0.1, 0.15) is 13.8 Å². The second-order valence-electron chi connectivity index (χ2n) is 6.41. The molecule has 0 atom stereocenters. The van der Waals surface area contributed by atoms with Crippen LogP contribution in [0, 0.1) is 0 Å². The lowest BCUT2D eigenvalue weighted by atomic mass is 10.2. The topological polar surface area (TPSA) is 102 Å². The third-order valence-electron chi connectivity index (χ3n) is 3.86. The lowest BCUT2D eigenvalue weighted by Crippen LogP contribution is -2.44. The van der Waals surface area contributed by atoms with Crippen LogP contribution in [0.25, 0.3) is 20.7 Å². The molecule has 2 aromatic heterocycles. The number of methoxy groups -OCH3 is 1. The van der Waals surface area contributed by atoms with E-state index in [-0.39, 0.29) is 18.1 Å². The quantitative estimate of drug-likeness (QED) is 0.685. The molecule has 0 spiro atoms. The van der Waals surface area contributed by atoms with Crippen LogP contribution in [-0.4, -0.2) is 34.6 Å². The summed E-state index contributed by atoms with van der Waals surface area (Å²) in [5.41, 5.74) is 1.18. The number of aromatic nitrogens is 2. The Balaban J connectivity index is 1.82. The van der Waals surface area contributed by atoms with Crippen LogP contribution in [0.3, 0.4) is 0 Å². The van der Waals surface area contributed by atoms with Gasteiger partial charge < -0.3 is 10.1 Å². The van der Waals surface area contributed by atoms with E-state index in [4.69, 9.17) is 4.74 Å². The van der Waals surface area contributed by atoms with Gasteiger partial charge in [-0.25, -0.2) is 9.78 Å². The maximum atomic E-state index is 12.7. The highest BCUT2D eigenvalue weighted by molar-refractivity contribution is 7.22. The van der Waals surface area contributed by atoms with Gasteiger partial charge in [-0.05, 0) is 49.7 Å². The number of ether oxygens (including phenoxy) is 1. The van der Waals surface area contributed by atoms with E-state index in [0.717, 1.165) is 16.2 Å². The van der Waals surface area contributed by atoms with Crippen molar-refractivity contribution in [2.75, 3.05) is 7.11 Å². The fourth-order valence-corrected chi connectivity index (χ4v) is 3.64. The van der Waals surface area contributed by atoms with Crippen LogP contribution in [0.15, 0.2) is 41.5 Å². The first-order valence-electron chi connectivity index (χ1n) is 8.61. The second kappa shape index (κ2) is 8.22. The van der Waals surface area contributed by atoms with Crippen molar-refractivity contribution in [3.8, 4) is 16.2 Å². The SMILES string of the molecule is COc1ccc(-c2cc3ncn(CC(=O)NC(=O)NC(C)C)c(=O)c3s2)cc1. The van der Waals surface area contributed by atoms with Gasteiger partial charge >= 0.3 is 6.03 Å². The smallest absolute Gasteiger partial charge is 0.321 e. The van der Waals surface area contributed by atoms with Crippen molar-refractivity contribution in [1.29, 1.82) is 0 Å². The Morgan fingerprint density at radius 2 is 1.96 bits per heavy atom. The maximum absolute atomic E-state index is 12.7. The number of benzene rings is 1. The van der Waals surface area contributed by atoms with Gasteiger partial charge in [-0.1, -0.05) is 0 Å². The summed E-state index contributed by atoms with van der Waals surface area (Å²) in [5, 5.41) is 4.74. The van der Waals surface area contributed by atoms with Crippen LogP contribution in [0.5, 0.6) is 5.75 Å². The number of carbonyl (C=O) groups excluding carboxylic acids is 2. The third kappa shape index (κ3) is 4.37. The molecule has 1 aromatic carbocycles. The van der Waals surface area contributed by atoms with E-state index in [1.807, 2.05) is 30.3 Å². The molecule has 3 rings (SSSR count). The van der Waals surface area contributed by atoms with Crippen molar-refractivity contribution in [1.82, 2.24) is 20.2 Å². The highest BCUT2D eigenvalue weighted by Crippen LogP contribution is 2.31. The summed E-state index contributed by atoms with van der Waals surface area (Å²) in [7, 11) is 1.60. The van der Waals surface area contributed by atoms with Gasteiger partial charge in [-0.3, -0.25) is 19.5 Å². The zero-order chi connectivity index (χ0) is 20.3. The molecule has 3 aromatic rings. The first kappa shape index (κ1) is 19.6. The molecule has 0 unspecified atom stereocenters. The first-order chi connectivity index (χ1) is 13.4. The molecule has 0 radical (unpaired) electrons. The van der Waals surface area contributed by atoms with Gasteiger partial charge in [-0.2, -0.15) is 0 Å². The third-order valence-corrected chi connectivity index (χ3v) is 5.03. The molecule has 8 nitrogen and oxygen atoms in total. The minimum Gasteiger partial charge on any atom is -0.497 e. The molecule has 0 fully saturated rings. The average Bonchev–Trinajstić information content (AvgIpc) is 3.08. The molecule has 146 valence electrons. The van der Waals surface area contributed by atoms with E-state index in [2.05, 4.69) is 15.6 Å². The van der Waals surface area contributed by atoms with Gasteiger partial charge in [0, 0.05) is 10.9 Å². The Kier molecular flexibility index (Phi) is 5.74. The molecule has 0 aliphatic rings. The second-order valence-corrected chi connectivity index (χ2v) is 7.46. The molecular weight excluding hydrogens is 380 g/mol. The fraction of sp³-hybridized carbons (Fsp3) is 0.263. The van der Waals surface area contributed by atoms with E-state index in [1.165, 1.54) is 22.2 Å². The number of fused-ring (bicyclic) bond motifs is 1. The van der Waals surface area contributed by atoms with Gasteiger partial charge in [0.05, 0.1) is 19.0 Å². The standard InChI is InChI=1S/C19H20N4O4S/c1-11(2)21-19(26)22-16(24)9-23-10-20-14-8-15(28-17(14)18(23)25)12-4-6-13(27-3)7-5-12/h4-8,10-11H,9H2,1-3H3,(H2,21,22,24,26). The van der Waals surface area contributed by atoms with E-state index < -0.39 is 11.9 Å². The van der Waals surface area contributed by atoms with Crippen molar-refractivity contribution < 1.29 is 14.3 Å². The Morgan fingerprint density at radius 1 is 1.25 bits per heavy atom. The zero-order valence-corrected chi connectivity index (χ0v) is 16.5. The number of imide groups is 1. The van der Waals surface area contributed by atoms with Crippen molar-refractivity contribution in [3.05, 3.63) is 47.0 Å². The monoisotopic (exact) mass is 400 g/mol. The Labute approximate surface area is 165 Å². The lowest BCUT2D eigenvalue weighted by Gasteiger charge is -2.09. The van der Waals surface area contributed by atoms with E-state index >= 15 is 0 Å². The number of rotatable bonds is 5. The number of hydrogen-bond acceptors (Lipinski definition) is 6. The first-order valence-corrected chi connectivity index (χ1v) is 9.42. The summed E-state index contributed by atoms with van der Waals surface area (Å²) in [5.74, 6) is 0.159. The van der Waals surface area contributed by atoms with Gasteiger partial charge in [0.25, 0.3) is 5.56 Å². The maximum Gasteiger partial charge on any atom is 0.321 e. The number of urea groups is 1. The van der Waals surface area contributed by atoms with Gasteiger partial charge in [0.15, 0.2) is 0 Å². The highest BCUT2D eigenvalue weighted by atomic mass is 32.1. The molecule has 2 heterocycles. The Morgan fingerprint density at radius 3 is 2.61 bits per heavy atom. The summed E-state index contributed by atoms with van der Waals surface area (Å²) < 4.78 is 6.80. The van der Waals surface area contributed by atoms with Crippen molar-refractivity contribution in [2.45, 2.75) is 26.4 Å². The van der Waals surface area contributed by atoms with E-state index in [0.29, 0.717) is 10.2 Å². The normalized spacial score (nSPS) is 10.9. The van der Waals surface area contributed by atoms with Gasteiger partial charge in [-0.15, -0.1) is 11.3 Å². The van der Waals surface area contributed by atoms with Crippen LogP contribution in [0.4, 0.5) is 4.79 Å². The zero-order valence-electron chi connectivity index (χ0n) is 15.7. The van der Waals surface area contributed by atoms with Gasteiger partial charge in [0.1, 0.15) is 17.0 Å². The minimum atomic E-state index is -0.597. The summed E-state index contributed by atoms with van der Waals surface area (Å²) in [4.78, 5) is 41.5. The van der Waals surface area contributed by atoms with Crippen LogP contribution in [-0.2, 0) is 11.3 Å². The highest BCUT2D eigenvalue weighted by Gasteiger charge is 2.14. The number of hydrogen-bond donors (Lipinski definition) is 2. The van der Waals surface area contributed by atoms with Crippen LogP contribution in [0.2, 0.25) is 0 Å². The predicted octanol–water partition coefficient (Wildman–Crippen LogP) is 2.37. The Bertz CT molecular complexity index is 1070. The minimum absolute atomic E-state index is 0.101. The molecular formula is C19H20N4O4S. The molecule has 28 heavy (non-hydrogen) atoms. The lowest BCUT2D eigenvalue weighted by molar-refractivity contribution is -0.120. The molecule has 0 saturated heterocycles. The molecule has 0 aliphatic heterocycles. The molecule has 0 aliphatic carbocycles. The molecule has 0 saturated carbocycles. The van der Waals surface area contributed by atoms with Crippen molar-refractivity contribution in [2.24, 2.45) is 0 Å². The number of nitrogens with one attached hydrogen (secondary N) is 2. The number of nitrogens with zero attached hydrogens (tertiary/aromatic N) is 2. The average molecular weight is 400 g/mol. The van der Waals surface area contributed by atoms with Crippen molar-refractivity contribution >= 4 is 33.5 Å². The van der Waals surface area contributed by atoms with Crippen LogP contribution >= 0.6 is 11.3 Å². The number of thiophene rings is 1. The molecule has 2 N–H and O–H groups in total. The Hall–Kier alpha value is -3.20. The fourth-order valence-electron chi connectivity index (χ4n) is 2.57. The summed E-state index contributed by atoms with van der Waals surface area (Å²) in [6.07, 6.45) is 1.31. The van der Waals surface area contributed by atoms with Gasteiger partial charge in [0.2, 0.25) is 5.91 Å². The summed E-state index contributed by atoms with van der Waals surface area (Å²) >= 11 is 1.31. The predicted molar refractivity (Wildman–Crippen MR) is 108 cm³/mol. The summed E-state index contributed by atoms with van der Waals surface area (Å²) in [6, 6.07) is 8.64. The van der Waals surface area contributed by atoms with Crippen LogP contribution < -0.4 is 20.9 Å². The molecule has 9 heteroatoms. The number of amides is 3. The number of carbonyl (C=O) groups is 2. The molecule has 0 bridgehead atoms. The summed E-state index contributed by atoms with van der Waals surface area (Å²) in [6.45, 7) is 3.27. The van der Waals surface area contributed by atoms with Crippen molar-refractivity contribution in [3.63, 3.8) is 0 Å². The largest absolute Gasteiger partial charge is 0.497 e.